The Morgan fingerprint density at radius 1 is 1.60 bits per heavy atom. The van der Waals surface area contributed by atoms with Gasteiger partial charge < -0.3 is 9.88 Å². The minimum Gasteiger partial charge on any atom is -0.340 e. The van der Waals surface area contributed by atoms with Crippen molar-refractivity contribution >= 4 is 0 Å². The van der Waals surface area contributed by atoms with E-state index in [0.717, 1.165) is 18.7 Å². The van der Waals surface area contributed by atoms with E-state index in [0.29, 0.717) is 6.04 Å². The van der Waals surface area contributed by atoms with Crippen LogP contribution in [0.4, 0.5) is 0 Å². The molecule has 0 fully saturated rings. The predicted molar refractivity (Wildman–Crippen MR) is 61.5 cm³/mol. The average Bonchev–Trinajstić information content (AvgIpc) is 2.52. The zero-order valence-corrected chi connectivity index (χ0v) is 9.96. The van der Waals surface area contributed by atoms with Gasteiger partial charge in [-0.3, -0.25) is 0 Å². The van der Waals surface area contributed by atoms with Crippen molar-refractivity contribution < 1.29 is 0 Å². The Kier molecular flexibility index (Phi) is 3.93. The van der Waals surface area contributed by atoms with E-state index in [1.54, 1.807) is 0 Å². The summed E-state index contributed by atoms with van der Waals surface area (Å²) in [4.78, 5) is 0. The Labute approximate surface area is 91.7 Å². The molecular formula is C12H19N3. The summed E-state index contributed by atoms with van der Waals surface area (Å²) in [5.74, 6) is 0. The molecule has 15 heavy (non-hydrogen) atoms. The summed E-state index contributed by atoms with van der Waals surface area (Å²) >= 11 is 0. The molecule has 1 atom stereocenters. The maximum absolute atomic E-state index is 8.89. The van der Waals surface area contributed by atoms with Crippen LogP contribution in [0.2, 0.25) is 0 Å². The van der Waals surface area contributed by atoms with Gasteiger partial charge in [-0.1, -0.05) is 6.92 Å². The minimum absolute atomic E-state index is 0.523. The number of aromatic nitrogens is 1. The summed E-state index contributed by atoms with van der Waals surface area (Å²) in [7, 11) is 1.93. The molecule has 82 valence electrons. The van der Waals surface area contributed by atoms with Crippen LogP contribution < -0.4 is 5.32 Å². The zero-order chi connectivity index (χ0) is 11.4. The molecule has 1 rings (SSSR count). The highest BCUT2D eigenvalue weighted by Crippen LogP contribution is 2.13. The van der Waals surface area contributed by atoms with Gasteiger partial charge in [0, 0.05) is 25.3 Å². The molecule has 0 aliphatic carbocycles. The van der Waals surface area contributed by atoms with Gasteiger partial charge in [0.1, 0.15) is 11.8 Å². The van der Waals surface area contributed by atoms with Crippen LogP contribution in [0.3, 0.4) is 0 Å². The molecule has 0 aliphatic heterocycles. The average molecular weight is 205 g/mol. The first-order chi connectivity index (χ1) is 7.10. The van der Waals surface area contributed by atoms with Crippen molar-refractivity contribution in [3.8, 4) is 6.07 Å². The van der Waals surface area contributed by atoms with E-state index < -0.39 is 0 Å². The first-order valence-electron chi connectivity index (χ1n) is 5.38. The summed E-state index contributed by atoms with van der Waals surface area (Å²) in [6, 6.07) is 4.68. The van der Waals surface area contributed by atoms with E-state index in [9.17, 15) is 0 Å². The second-order valence-corrected chi connectivity index (χ2v) is 4.00. The molecule has 0 amide bonds. The van der Waals surface area contributed by atoms with E-state index in [4.69, 9.17) is 5.26 Å². The number of hydrogen-bond acceptors (Lipinski definition) is 2. The van der Waals surface area contributed by atoms with Gasteiger partial charge in [0.15, 0.2) is 0 Å². The molecule has 3 nitrogen and oxygen atoms in total. The summed E-state index contributed by atoms with van der Waals surface area (Å²) in [5.41, 5.74) is 3.12. The zero-order valence-electron chi connectivity index (χ0n) is 9.96. The summed E-state index contributed by atoms with van der Waals surface area (Å²) < 4.78 is 1.94. The highest BCUT2D eigenvalue weighted by molar-refractivity contribution is 5.34. The van der Waals surface area contributed by atoms with Gasteiger partial charge in [-0.2, -0.15) is 5.26 Å². The van der Waals surface area contributed by atoms with E-state index in [2.05, 4.69) is 32.2 Å². The molecule has 0 radical (unpaired) electrons. The van der Waals surface area contributed by atoms with E-state index in [1.165, 1.54) is 11.3 Å². The normalized spacial score (nSPS) is 12.5. The molecule has 0 aromatic carbocycles. The molecule has 0 aliphatic rings. The second kappa shape index (κ2) is 4.99. The lowest BCUT2D eigenvalue weighted by Crippen LogP contribution is -2.24. The molecule has 1 N–H and O–H groups in total. The van der Waals surface area contributed by atoms with Crippen LogP contribution in [0.5, 0.6) is 0 Å². The third-order valence-electron chi connectivity index (χ3n) is 3.01. The quantitative estimate of drug-likeness (QED) is 0.817. The highest BCUT2D eigenvalue weighted by Gasteiger charge is 2.08. The van der Waals surface area contributed by atoms with E-state index in [1.807, 2.05) is 17.7 Å². The van der Waals surface area contributed by atoms with Crippen LogP contribution in [0.1, 0.15) is 37.2 Å². The molecule has 0 spiro atoms. The van der Waals surface area contributed by atoms with Crippen molar-refractivity contribution in [3.05, 3.63) is 23.0 Å². The summed E-state index contributed by atoms with van der Waals surface area (Å²) in [6.45, 7) is 7.23. The minimum atomic E-state index is 0.523. The van der Waals surface area contributed by atoms with Gasteiger partial charge in [0.25, 0.3) is 0 Å². The number of hydrogen-bond donors (Lipinski definition) is 1. The van der Waals surface area contributed by atoms with E-state index in [-0.39, 0.29) is 0 Å². The lowest BCUT2D eigenvalue weighted by Gasteiger charge is -2.10. The van der Waals surface area contributed by atoms with Gasteiger partial charge in [0.2, 0.25) is 0 Å². The van der Waals surface area contributed by atoms with E-state index >= 15 is 0 Å². The summed E-state index contributed by atoms with van der Waals surface area (Å²) in [5, 5.41) is 12.3. The van der Waals surface area contributed by atoms with Crippen molar-refractivity contribution in [2.24, 2.45) is 7.05 Å². The Balaban J connectivity index is 2.75. The molecule has 1 aromatic rings. The van der Waals surface area contributed by atoms with Crippen LogP contribution in [0.25, 0.3) is 0 Å². The molecule has 1 heterocycles. The van der Waals surface area contributed by atoms with Crippen molar-refractivity contribution in [1.82, 2.24) is 9.88 Å². The number of nitrogens with zero attached hydrogens (tertiary/aromatic N) is 2. The third kappa shape index (κ3) is 2.60. The van der Waals surface area contributed by atoms with Gasteiger partial charge in [-0.05, 0) is 31.9 Å². The Hall–Kier alpha value is -1.27. The lowest BCUT2D eigenvalue weighted by molar-refractivity contribution is 0.533. The van der Waals surface area contributed by atoms with Gasteiger partial charge >= 0.3 is 0 Å². The first kappa shape index (κ1) is 11.8. The molecule has 3 heteroatoms. The SMILES string of the molecule is CCC(C)NCc1cc(C#N)n(C)c1C. The number of nitriles is 1. The van der Waals surface area contributed by atoms with Crippen LogP contribution in [-0.4, -0.2) is 10.6 Å². The van der Waals surface area contributed by atoms with Crippen LogP contribution in [-0.2, 0) is 13.6 Å². The Bertz CT molecular complexity index is 371. The van der Waals surface area contributed by atoms with Crippen molar-refractivity contribution in [2.75, 3.05) is 0 Å². The third-order valence-corrected chi connectivity index (χ3v) is 3.01. The molecule has 0 saturated heterocycles. The first-order valence-corrected chi connectivity index (χ1v) is 5.38. The standard InChI is InChI=1S/C12H19N3/c1-5-9(2)14-8-11-6-12(7-13)15(4)10(11)3/h6,9,14H,5,8H2,1-4H3. The second-order valence-electron chi connectivity index (χ2n) is 4.00. The topological polar surface area (TPSA) is 40.8 Å². The van der Waals surface area contributed by atoms with Crippen LogP contribution >= 0.6 is 0 Å². The van der Waals surface area contributed by atoms with Gasteiger partial charge in [-0.15, -0.1) is 0 Å². The molecule has 0 saturated carbocycles. The molecule has 1 unspecified atom stereocenters. The monoisotopic (exact) mass is 205 g/mol. The van der Waals surface area contributed by atoms with Gasteiger partial charge in [0.05, 0.1) is 0 Å². The van der Waals surface area contributed by atoms with Crippen molar-refractivity contribution in [1.29, 1.82) is 5.26 Å². The fourth-order valence-electron chi connectivity index (χ4n) is 1.48. The number of rotatable bonds is 4. The molecule has 1 aromatic heterocycles. The Morgan fingerprint density at radius 2 is 2.27 bits per heavy atom. The smallest absolute Gasteiger partial charge is 0.120 e. The van der Waals surface area contributed by atoms with Gasteiger partial charge in [-0.25, -0.2) is 0 Å². The van der Waals surface area contributed by atoms with Crippen molar-refractivity contribution in [3.63, 3.8) is 0 Å². The Morgan fingerprint density at radius 3 is 2.73 bits per heavy atom. The predicted octanol–water partition coefficient (Wildman–Crippen LogP) is 2.09. The molecule has 0 bridgehead atoms. The molecular weight excluding hydrogens is 186 g/mol. The maximum atomic E-state index is 8.89. The van der Waals surface area contributed by atoms with Crippen LogP contribution in [0, 0.1) is 18.3 Å². The number of nitrogens with one attached hydrogen (secondary N) is 1. The highest BCUT2D eigenvalue weighted by atomic mass is 15.0. The largest absolute Gasteiger partial charge is 0.340 e. The van der Waals surface area contributed by atoms with Crippen molar-refractivity contribution in [2.45, 2.75) is 39.8 Å². The fraction of sp³-hybridized carbons (Fsp3) is 0.583. The maximum Gasteiger partial charge on any atom is 0.120 e. The summed E-state index contributed by atoms with van der Waals surface area (Å²) in [6.07, 6.45) is 1.12. The fourth-order valence-corrected chi connectivity index (χ4v) is 1.48. The lowest BCUT2D eigenvalue weighted by atomic mass is 10.2. The van der Waals surface area contributed by atoms with Crippen LogP contribution in [0.15, 0.2) is 6.07 Å².